The summed E-state index contributed by atoms with van der Waals surface area (Å²) in [4.78, 5) is 65.1. The Balaban J connectivity index is 2.52. The average Bonchev–Trinajstić information content (AvgIpc) is 3.26. The zero-order valence-electron chi connectivity index (χ0n) is 42.4. The number of nitrogens with one attached hydrogen (secondary N) is 1. The molecule has 17 atom stereocenters. The summed E-state index contributed by atoms with van der Waals surface area (Å²) in [5.41, 5.74) is 0. The minimum Gasteiger partial charge on any atom is -0.459 e. The van der Waals surface area contributed by atoms with Crippen LogP contribution >= 0.6 is 0 Å². The van der Waals surface area contributed by atoms with Gasteiger partial charge in [-0.3, -0.25) is 28.9 Å². The first kappa shape index (κ1) is 60.5. The van der Waals surface area contributed by atoms with E-state index in [1.54, 1.807) is 45.8 Å². The van der Waals surface area contributed by atoms with Crippen LogP contribution in [0.25, 0.3) is 0 Å². The van der Waals surface area contributed by atoms with E-state index in [1.807, 2.05) is 13.8 Å². The Bertz CT molecular complexity index is 1600. The van der Waals surface area contributed by atoms with Crippen LogP contribution < -0.4 is 5.32 Å². The fourth-order valence-corrected chi connectivity index (χ4v) is 8.67. The fourth-order valence-electron chi connectivity index (χ4n) is 8.67. The van der Waals surface area contributed by atoms with Crippen LogP contribution in [0.2, 0.25) is 0 Å². The van der Waals surface area contributed by atoms with Crippen LogP contribution in [0.3, 0.4) is 0 Å². The zero-order chi connectivity index (χ0) is 51.4. The lowest BCUT2D eigenvalue weighted by molar-refractivity contribution is -0.309. The number of rotatable bonds is 29. The molecule has 2 fully saturated rings. The summed E-state index contributed by atoms with van der Waals surface area (Å²) in [6.07, 6.45) is -7.59. The second kappa shape index (κ2) is 30.2. The number of nitrogens with zero attached hydrogens (tertiary/aromatic N) is 1. The summed E-state index contributed by atoms with van der Waals surface area (Å²) in [5.74, 6) is -5.27. The highest BCUT2D eigenvalue weighted by atomic mass is 16.7. The highest BCUT2D eigenvalue weighted by Crippen LogP contribution is 2.36. The number of esters is 4. The normalized spacial score (nSPS) is 28.4. The summed E-state index contributed by atoms with van der Waals surface area (Å²) in [5, 5.41) is 25.4. The van der Waals surface area contributed by atoms with Gasteiger partial charge >= 0.3 is 23.9 Å². The second-order valence-corrected chi connectivity index (χ2v) is 17.5. The molecule has 2 rings (SSSR count). The van der Waals surface area contributed by atoms with Gasteiger partial charge in [0.1, 0.15) is 24.4 Å². The van der Waals surface area contributed by atoms with E-state index in [1.165, 1.54) is 61.4 Å². The highest BCUT2D eigenvalue weighted by molar-refractivity contribution is 5.87. The molecular formula is C47H80N2O19. The first-order chi connectivity index (χ1) is 32.1. The van der Waals surface area contributed by atoms with Crippen LogP contribution in [-0.2, 0) is 80.8 Å². The van der Waals surface area contributed by atoms with Crippen LogP contribution in [-0.4, -0.2) is 193 Å². The summed E-state index contributed by atoms with van der Waals surface area (Å²) in [6, 6.07) is -1.23. The number of carbonyl (C=O) groups is 5. The van der Waals surface area contributed by atoms with Gasteiger partial charge in [0.2, 0.25) is 5.91 Å². The molecule has 0 radical (unpaired) electrons. The second-order valence-electron chi connectivity index (χ2n) is 17.5. The van der Waals surface area contributed by atoms with E-state index >= 15 is 0 Å². The van der Waals surface area contributed by atoms with E-state index in [9.17, 15) is 34.2 Å². The Hall–Kier alpha value is -3.61. The van der Waals surface area contributed by atoms with Crippen molar-refractivity contribution in [3.8, 4) is 0 Å². The van der Waals surface area contributed by atoms with Crippen molar-refractivity contribution in [2.75, 3.05) is 55.7 Å². The molecule has 2 aliphatic heterocycles. The molecule has 0 aliphatic carbocycles. The van der Waals surface area contributed by atoms with E-state index in [2.05, 4.69) is 11.9 Å². The first-order valence-electron chi connectivity index (χ1n) is 23.1. The van der Waals surface area contributed by atoms with Crippen molar-refractivity contribution in [2.45, 2.75) is 173 Å². The topological polar surface area (TPSA) is 252 Å². The molecule has 3 N–H and O–H groups in total. The minimum absolute atomic E-state index is 0.161. The molecule has 0 saturated carbocycles. The number of likely N-dealkylation sites (N-methyl/N-ethyl adjacent to an activating group) is 1. The molecule has 0 bridgehead atoms. The molecule has 0 aromatic carbocycles. The third kappa shape index (κ3) is 18.3. The van der Waals surface area contributed by atoms with Gasteiger partial charge in [-0.2, -0.15) is 0 Å². The Kier molecular flexibility index (Phi) is 26.9. The summed E-state index contributed by atoms with van der Waals surface area (Å²) in [7, 11) is 9.24. The van der Waals surface area contributed by atoms with E-state index < -0.39 is 147 Å². The van der Waals surface area contributed by atoms with E-state index in [0.717, 1.165) is 0 Å². The molecule has 21 heteroatoms. The number of hydrogen-bond acceptors (Lipinski definition) is 20. The smallest absolute Gasteiger partial charge is 0.308 e. The molecule has 7 unspecified atom stereocenters. The molecule has 1 amide bonds. The highest BCUT2D eigenvalue weighted by Gasteiger charge is 2.52. The number of hydrogen-bond donors (Lipinski definition) is 3. The van der Waals surface area contributed by atoms with Gasteiger partial charge in [-0.1, -0.05) is 26.0 Å². The Morgan fingerprint density at radius 2 is 1.37 bits per heavy atom. The maximum Gasteiger partial charge on any atom is 0.308 e. The Morgan fingerprint density at radius 1 is 0.809 bits per heavy atom. The van der Waals surface area contributed by atoms with Crippen molar-refractivity contribution < 1.29 is 91.0 Å². The number of carbonyl (C=O) groups excluding carboxylic acids is 5. The SMILES string of the molecule is C=CC(CO[C@H]1O[C@@H](C)[C@@H](OC(C)=O)[C@H](OC)[C@@H]1OC)C(CO)OC(=O)CC(O)C(C)C(O[C@H]1O[C@H](C)[C@H](OC(C)=O)[C@@H](N(C)C)[C@H]1OC(C)=O)C(CC(C)NC(=O)/C=C/CC)CC(OC)OC. The van der Waals surface area contributed by atoms with Crippen molar-refractivity contribution in [1.29, 1.82) is 0 Å². The number of allylic oxidation sites excluding steroid dienone is 1. The van der Waals surface area contributed by atoms with Gasteiger partial charge in [0.25, 0.3) is 0 Å². The molecule has 392 valence electrons. The largest absolute Gasteiger partial charge is 0.459 e. The van der Waals surface area contributed by atoms with Crippen molar-refractivity contribution in [3.63, 3.8) is 0 Å². The van der Waals surface area contributed by atoms with E-state index in [4.69, 9.17) is 56.8 Å². The van der Waals surface area contributed by atoms with Crippen molar-refractivity contribution in [3.05, 3.63) is 24.8 Å². The lowest BCUT2D eigenvalue weighted by atomic mass is 9.81. The third-order valence-corrected chi connectivity index (χ3v) is 12.1. The molecule has 0 aromatic rings. The molecule has 0 aromatic heterocycles. The van der Waals surface area contributed by atoms with Gasteiger partial charge < -0.3 is 72.4 Å². The molecule has 2 heterocycles. The predicted octanol–water partition coefficient (Wildman–Crippen LogP) is 2.21. The van der Waals surface area contributed by atoms with Crippen LogP contribution in [0.4, 0.5) is 0 Å². The van der Waals surface area contributed by atoms with Crippen molar-refractivity contribution in [2.24, 2.45) is 17.8 Å². The first-order valence-corrected chi connectivity index (χ1v) is 23.1. The number of aliphatic hydroxyl groups is 2. The van der Waals surface area contributed by atoms with Gasteiger partial charge in [0.05, 0.1) is 50.1 Å². The van der Waals surface area contributed by atoms with Crippen LogP contribution in [0.5, 0.6) is 0 Å². The van der Waals surface area contributed by atoms with Gasteiger partial charge in [-0.15, -0.1) is 6.58 Å². The Morgan fingerprint density at radius 3 is 1.88 bits per heavy atom. The zero-order valence-corrected chi connectivity index (χ0v) is 42.4. The average molecular weight is 977 g/mol. The molecule has 68 heavy (non-hydrogen) atoms. The van der Waals surface area contributed by atoms with Gasteiger partial charge in [-0.05, 0) is 59.7 Å². The Labute approximate surface area is 401 Å². The molecule has 21 nitrogen and oxygen atoms in total. The van der Waals surface area contributed by atoms with Crippen molar-refractivity contribution in [1.82, 2.24) is 10.2 Å². The number of aliphatic hydroxyl groups excluding tert-OH is 2. The monoisotopic (exact) mass is 977 g/mol. The quantitative estimate of drug-likeness (QED) is 0.0319. The molecule has 2 aliphatic rings. The summed E-state index contributed by atoms with van der Waals surface area (Å²) in [6.45, 7) is 15.6. The predicted molar refractivity (Wildman–Crippen MR) is 243 cm³/mol. The molecule has 2 saturated heterocycles. The van der Waals surface area contributed by atoms with Crippen molar-refractivity contribution >= 4 is 29.8 Å². The van der Waals surface area contributed by atoms with E-state index in [-0.39, 0.29) is 25.4 Å². The lowest BCUT2D eigenvalue weighted by Gasteiger charge is -2.48. The minimum atomic E-state index is -1.46. The van der Waals surface area contributed by atoms with Crippen LogP contribution in [0.1, 0.15) is 81.1 Å². The summed E-state index contributed by atoms with van der Waals surface area (Å²) >= 11 is 0. The molecular weight excluding hydrogens is 897 g/mol. The maximum absolute atomic E-state index is 13.8. The third-order valence-electron chi connectivity index (χ3n) is 12.1. The molecule has 0 spiro atoms. The fraction of sp³-hybridized carbons (Fsp3) is 0.809. The van der Waals surface area contributed by atoms with Gasteiger partial charge in [0, 0.05) is 73.5 Å². The standard InChI is InChI=1S/C47H80N2O19/c1-16-18-19-36(55)48-25(3)20-33(21-38(57-12)58-13)40(68-47-43(66-31(9)53)39(49(10)11)41(27(5)63-47)64-29(7)51)26(4)34(54)22-37(56)67-35(23-50)32(17-2)24-61-46-45(60-15)44(59-14)42(28(6)62-46)65-30(8)52/h17-19,25-28,32-35,38-47,50,54H,2,16,20-24H2,1,3-15H3,(H,48,55)/b19-18+/t25?,26?,27-,28+,32?,33?,34?,35?,39-,40?,41+,42-,43-,44+,45+,46+,47-/m1/s1. The maximum atomic E-state index is 13.8. The van der Waals surface area contributed by atoms with Gasteiger partial charge in [-0.25, -0.2) is 0 Å². The van der Waals surface area contributed by atoms with Gasteiger partial charge in [0.15, 0.2) is 31.1 Å². The number of methoxy groups -OCH3 is 4. The lowest BCUT2D eigenvalue weighted by Crippen LogP contribution is -2.65. The van der Waals surface area contributed by atoms with E-state index in [0.29, 0.717) is 6.42 Å². The number of ether oxygens (including phenoxy) is 12. The van der Waals surface area contributed by atoms with Crippen LogP contribution in [0, 0.1) is 17.8 Å². The number of amides is 1. The van der Waals surface area contributed by atoms with Crippen LogP contribution in [0.15, 0.2) is 24.8 Å². The summed E-state index contributed by atoms with van der Waals surface area (Å²) < 4.78 is 70.6.